The molecule has 0 N–H and O–H groups in total. The van der Waals surface area contributed by atoms with Gasteiger partial charge in [-0.05, 0) is 6.42 Å². The van der Waals surface area contributed by atoms with E-state index >= 15 is 0 Å². The highest BCUT2D eigenvalue weighted by Crippen LogP contribution is 1.82. The molecule has 0 nitrogen and oxygen atoms in total. The van der Waals surface area contributed by atoms with Gasteiger partial charge in [0.2, 0.25) is 0 Å². The van der Waals surface area contributed by atoms with Crippen LogP contribution in [0.3, 0.4) is 0 Å². The zero-order chi connectivity index (χ0) is 4.12. The normalized spacial score (nSPS) is 6.17. The number of hydrogen-bond acceptors (Lipinski definition) is 0. The minimum atomic E-state index is 0. The van der Waals surface area contributed by atoms with E-state index in [9.17, 15) is 0 Å². The fourth-order valence-corrected chi connectivity index (χ4v) is 0.204. The third kappa shape index (κ3) is 8.90. The van der Waals surface area contributed by atoms with Crippen LogP contribution in [-0.4, -0.2) is 0 Å². The average molecular weight is 104 g/mol. The summed E-state index contributed by atoms with van der Waals surface area (Å²) in [4.78, 5) is 0. The zero-order valence-electron chi connectivity index (χ0n) is 4.41. The van der Waals surface area contributed by atoms with Crippen LogP contribution in [0.15, 0.2) is 12.7 Å². The average Bonchev–Trinajstić information content (AvgIpc) is 1.41. The summed E-state index contributed by atoms with van der Waals surface area (Å²) in [6, 6.07) is 0. The topological polar surface area (TPSA) is 0 Å². The van der Waals surface area contributed by atoms with Crippen molar-refractivity contribution < 1.29 is 0 Å². The Balaban J connectivity index is 0. The molecule has 0 aliphatic heterocycles. The van der Waals surface area contributed by atoms with Crippen molar-refractivity contribution in [2.45, 2.75) is 19.8 Å². The number of unbranched alkanes of at least 4 members (excludes halogenated alkanes) is 1. The maximum absolute atomic E-state index is 3.55. The van der Waals surface area contributed by atoms with E-state index in [0.717, 1.165) is 6.42 Å². The fraction of sp³-hybridized carbons (Fsp3) is 0.600. The second-order valence-corrected chi connectivity index (χ2v) is 1.08. The van der Waals surface area contributed by atoms with E-state index in [1.165, 1.54) is 6.42 Å². The molecule has 0 aromatic rings. The highest BCUT2D eigenvalue weighted by molar-refractivity contribution is 6.92. The summed E-state index contributed by atoms with van der Waals surface area (Å²) in [5, 5.41) is 0. The first-order valence-electron chi connectivity index (χ1n) is 2.02. The Hall–Kier alpha value is 0.170. The lowest BCUT2D eigenvalue weighted by Gasteiger charge is -1.72. The van der Waals surface area contributed by atoms with E-state index in [-0.39, 0.29) is 9.90 Å². The summed E-state index contributed by atoms with van der Waals surface area (Å²) in [6.45, 7) is 5.69. The fourth-order valence-electron chi connectivity index (χ4n) is 0.204. The maximum atomic E-state index is 3.55. The smallest absolute Gasteiger partial charge is 0.0356 e. The summed E-state index contributed by atoms with van der Waals surface area (Å²) in [5.74, 6) is 0. The largest absolute Gasteiger partial charge is 0.153 e. The molecule has 1 unspecified atom stereocenters. The lowest BCUT2D eigenvalue weighted by molar-refractivity contribution is 0.961. The molecule has 0 spiro atoms. The number of allylic oxidation sites excluding steroid dienone is 1. The maximum Gasteiger partial charge on any atom is -0.0356 e. The van der Waals surface area contributed by atoms with E-state index < -0.39 is 0 Å². The first-order chi connectivity index (χ1) is 2.41. The van der Waals surface area contributed by atoms with E-state index in [2.05, 4.69) is 13.5 Å². The van der Waals surface area contributed by atoms with Crippen molar-refractivity contribution in [1.29, 1.82) is 0 Å². The lowest BCUT2D eigenvalue weighted by Crippen LogP contribution is -1.52. The minimum absolute atomic E-state index is 0. The Kier molecular flexibility index (Phi) is 14.1. The molecule has 38 valence electrons. The van der Waals surface area contributed by atoms with Crippen molar-refractivity contribution in [3.8, 4) is 0 Å². The Morgan fingerprint density at radius 2 is 2.17 bits per heavy atom. The third-order valence-corrected chi connectivity index (χ3v) is 0.493. The van der Waals surface area contributed by atoms with Gasteiger partial charge in [-0.3, -0.25) is 0 Å². The summed E-state index contributed by atoms with van der Waals surface area (Å²) in [7, 11) is 0. The molecular weight excluding hydrogens is 91.0 g/mol. The van der Waals surface area contributed by atoms with Crippen molar-refractivity contribution in [2.24, 2.45) is 0 Å². The van der Waals surface area contributed by atoms with Gasteiger partial charge in [-0.2, -0.15) is 9.90 Å². The van der Waals surface area contributed by atoms with Crippen LogP contribution in [0.2, 0.25) is 0 Å². The summed E-state index contributed by atoms with van der Waals surface area (Å²) < 4.78 is 0. The van der Waals surface area contributed by atoms with Crippen LogP contribution in [0.1, 0.15) is 19.8 Å². The third-order valence-electron chi connectivity index (χ3n) is 0.493. The van der Waals surface area contributed by atoms with Crippen LogP contribution in [0, 0.1) is 0 Å². The minimum Gasteiger partial charge on any atom is -0.153 e. The molecule has 0 saturated carbocycles. The van der Waals surface area contributed by atoms with Crippen molar-refractivity contribution in [1.82, 2.24) is 0 Å². The Morgan fingerprint density at radius 1 is 1.67 bits per heavy atom. The Labute approximate surface area is 43.3 Å². The first-order valence-corrected chi connectivity index (χ1v) is 2.02. The molecule has 0 aromatic heterocycles. The Bertz CT molecular complexity index is 25.1. The molecule has 0 rings (SSSR count). The van der Waals surface area contributed by atoms with E-state index in [4.69, 9.17) is 0 Å². The van der Waals surface area contributed by atoms with Crippen molar-refractivity contribution in [3.05, 3.63) is 12.7 Å². The SMILES string of the molecule is C=CCCC.P. The zero-order valence-corrected chi connectivity index (χ0v) is 5.82. The molecule has 0 bridgehead atoms. The molecule has 0 aromatic carbocycles. The summed E-state index contributed by atoms with van der Waals surface area (Å²) >= 11 is 0. The lowest BCUT2D eigenvalue weighted by atomic mass is 10.3. The van der Waals surface area contributed by atoms with Gasteiger partial charge in [-0.1, -0.05) is 19.4 Å². The molecular formula is C5H13P. The van der Waals surface area contributed by atoms with Crippen LogP contribution in [0.25, 0.3) is 0 Å². The quantitative estimate of drug-likeness (QED) is 0.371. The van der Waals surface area contributed by atoms with Crippen LogP contribution in [0.4, 0.5) is 0 Å². The predicted octanol–water partition coefficient (Wildman–Crippen LogP) is 2.03. The highest BCUT2D eigenvalue weighted by Gasteiger charge is 1.61. The molecule has 0 fully saturated rings. The second-order valence-electron chi connectivity index (χ2n) is 1.08. The van der Waals surface area contributed by atoms with Crippen LogP contribution >= 0.6 is 9.90 Å². The van der Waals surface area contributed by atoms with Gasteiger partial charge in [0.05, 0.1) is 0 Å². The molecule has 1 atom stereocenters. The predicted molar refractivity (Wildman–Crippen MR) is 36.2 cm³/mol. The Morgan fingerprint density at radius 3 is 2.17 bits per heavy atom. The number of hydrogen-bond donors (Lipinski definition) is 0. The molecule has 0 heterocycles. The standard InChI is InChI=1S/C5H10.H3P/c1-3-5-4-2;/h3H,1,4-5H2,2H3;1H3. The van der Waals surface area contributed by atoms with Gasteiger partial charge in [0.15, 0.2) is 0 Å². The molecule has 0 aliphatic carbocycles. The molecule has 0 amide bonds. The van der Waals surface area contributed by atoms with E-state index in [1.54, 1.807) is 0 Å². The monoisotopic (exact) mass is 104 g/mol. The first kappa shape index (κ1) is 9.48. The van der Waals surface area contributed by atoms with Gasteiger partial charge in [-0.25, -0.2) is 0 Å². The van der Waals surface area contributed by atoms with Gasteiger partial charge in [0.1, 0.15) is 0 Å². The number of rotatable bonds is 2. The van der Waals surface area contributed by atoms with Gasteiger partial charge < -0.3 is 0 Å². The molecule has 0 radical (unpaired) electrons. The van der Waals surface area contributed by atoms with Crippen LogP contribution in [0.5, 0.6) is 0 Å². The van der Waals surface area contributed by atoms with Gasteiger partial charge in [0, 0.05) is 0 Å². The highest BCUT2D eigenvalue weighted by atomic mass is 31.0. The van der Waals surface area contributed by atoms with Gasteiger partial charge >= 0.3 is 0 Å². The summed E-state index contributed by atoms with van der Waals surface area (Å²) in [6.07, 6.45) is 4.31. The molecule has 0 aliphatic rings. The van der Waals surface area contributed by atoms with E-state index in [0.29, 0.717) is 0 Å². The molecule has 1 heteroatoms. The van der Waals surface area contributed by atoms with Crippen LogP contribution < -0.4 is 0 Å². The van der Waals surface area contributed by atoms with Gasteiger partial charge in [0.25, 0.3) is 0 Å². The van der Waals surface area contributed by atoms with Crippen molar-refractivity contribution >= 4 is 9.90 Å². The van der Waals surface area contributed by atoms with Crippen LogP contribution in [-0.2, 0) is 0 Å². The second kappa shape index (κ2) is 8.95. The van der Waals surface area contributed by atoms with Crippen molar-refractivity contribution in [3.63, 3.8) is 0 Å². The van der Waals surface area contributed by atoms with Gasteiger partial charge in [-0.15, -0.1) is 6.58 Å². The molecule has 0 saturated heterocycles. The van der Waals surface area contributed by atoms with Crippen molar-refractivity contribution in [2.75, 3.05) is 0 Å². The summed E-state index contributed by atoms with van der Waals surface area (Å²) in [5.41, 5.74) is 0. The van der Waals surface area contributed by atoms with E-state index in [1.807, 2.05) is 6.08 Å². The molecule has 6 heavy (non-hydrogen) atoms.